The van der Waals surface area contributed by atoms with Crippen LogP contribution in [0, 0.1) is 5.82 Å². The third-order valence-electron chi connectivity index (χ3n) is 5.35. The van der Waals surface area contributed by atoms with Crippen molar-refractivity contribution >= 4 is 11.9 Å². The summed E-state index contributed by atoms with van der Waals surface area (Å²) in [4.78, 5) is 28.8. The lowest BCUT2D eigenvalue weighted by Gasteiger charge is -2.45. The van der Waals surface area contributed by atoms with Crippen molar-refractivity contribution in [2.45, 2.75) is 37.8 Å². The van der Waals surface area contributed by atoms with Gasteiger partial charge in [0.15, 0.2) is 5.82 Å². The van der Waals surface area contributed by atoms with Gasteiger partial charge < -0.3 is 9.80 Å². The van der Waals surface area contributed by atoms with Crippen LogP contribution < -0.4 is 4.90 Å². The molecule has 2 aliphatic rings. The Balaban J connectivity index is 1.48. The molecule has 0 unspecified atom stereocenters. The van der Waals surface area contributed by atoms with Crippen molar-refractivity contribution in [3.63, 3.8) is 0 Å². The second kappa shape index (κ2) is 6.38. The van der Waals surface area contributed by atoms with E-state index in [0.717, 1.165) is 37.9 Å². The number of nitrogens with zero attached hydrogens (tertiary/aromatic N) is 5. The molecule has 0 bridgehead atoms. The van der Waals surface area contributed by atoms with E-state index in [1.807, 2.05) is 17.0 Å². The molecule has 1 spiro atoms. The lowest BCUT2D eigenvalue weighted by Crippen LogP contribution is -2.53. The zero-order chi connectivity index (χ0) is 17.3. The Morgan fingerprint density at radius 2 is 1.76 bits per heavy atom. The van der Waals surface area contributed by atoms with Gasteiger partial charge in [0.25, 0.3) is 0 Å². The lowest BCUT2D eigenvalue weighted by molar-refractivity contribution is -0.132. The van der Waals surface area contributed by atoms with E-state index >= 15 is 0 Å². The number of piperidine rings is 1. The summed E-state index contributed by atoms with van der Waals surface area (Å²) < 4.78 is 13.0. The minimum Gasteiger partial charge on any atom is -0.341 e. The van der Waals surface area contributed by atoms with Crippen molar-refractivity contribution in [2.24, 2.45) is 0 Å². The number of aromatic nitrogens is 3. The minimum atomic E-state index is -0.429. The molecule has 0 atom stereocenters. The second-order valence-corrected chi connectivity index (χ2v) is 6.75. The number of hydrogen-bond donors (Lipinski definition) is 0. The monoisotopic (exact) mass is 341 g/mol. The number of hydrogen-bond acceptors (Lipinski definition) is 5. The highest BCUT2D eigenvalue weighted by atomic mass is 19.1. The molecule has 130 valence electrons. The molecular formula is C18H20FN5O. The third kappa shape index (κ3) is 3.06. The fourth-order valence-corrected chi connectivity index (χ4v) is 3.91. The molecule has 6 nitrogen and oxygen atoms in total. The number of amides is 1. The van der Waals surface area contributed by atoms with E-state index in [1.165, 1.54) is 12.4 Å². The topological polar surface area (TPSA) is 62.2 Å². The molecule has 0 aromatic carbocycles. The maximum Gasteiger partial charge on any atom is 0.225 e. The number of carbonyl (C=O) groups excluding carboxylic acids is 1. The van der Waals surface area contributed by atoms with Crippen molar-refractivity contribution < 1.29 is 9.18 Å². The molecule has 7 heteroatoms. The zero-order valence-electron chi connectivity index (χ0n) is 13.9. The molecule has 4 heterocycles. The molecule has 2 fully saturated rings. The largest absolute Gasteiger partial charge is 0.341 e. The van der Waals surface area contributed by atoms with Gasteiger partial charge in [0.1, 0.15) is 0 Å². The van der Waals surface area contributed by atoms with Crippen LogP contribution in [0.15, 0.2) is 36.9 Å². The number of halogens is 1. The number of pyridine rings is 1. The molecule has 0 saturated carbocycles. The Morgan fingerprint density at radius 3 is 2.44 bits per heavy atom. The minimum absolute atomic E-state index is 0.0864. The summed E-state index contributed by atoms with van der Waals surface area (Å²) >= 11 is 0. The van der Waals surface area contributed by atoms with Crippen LogP contribution in [0.1, 0.15) is 31.2 Å². The molecule has 2 aromatic heterocycles. The average molecular weight is 341 g/mol. The summed E-state index contributed by atoms with van der Waals surface area (Å²) in [6.45, 7) is 2.17. The Morgan fingerprint density at radius 1 is 1.08 bits per heavy atom. The van der Waals surface area contributed by atoms with Gasteiger partial charge in [-0.3, -0.25) is 9.78 Å². The normalized spacial score (nSPS) is 19.6. The summed E-state index contributed by atoms with van der Waals surface area (Å²) in [5.74, 6) is 0.353. The van der Waals surface area contributed by atoms with Gasteiger partial charge in [-0.05, 0) is 37.0 Å². The first-order valence-electron chi connectivity index (χ1n) is 8.58. The maximum absolute atomic E-state index is 13.0. The van der Waals surface area contributed by atoms with E-state index < -0.39 is 5.82 Å². The van der Waals surface area contributed by atoms with Crippen LogP contribution >= 0.6 is 0 Å². The number of anilines is 1. The van der Waals surface area contributed by atoms with Crippen LogP contribution in [0.4, 0.5) is 10.3 Å². The van der Waals surface area contributed by atoms with E-state index in [2.05, 4.69) is 19.9 Å². The highest BCUT2D eigenvalue weighted by Crippen LogP contribution is 2.40. The Hall–Kier alpha value is -2.57. The van der Waals surface area contributed by atoms with Gasteiger partial charge >= 0.3 is 0 Å². The standard InChI is InChI=1S/C18H20FN5O/c19-15-11-21-17(22-12-15)23-9-5-18(6-10-23)4-1-16(25)24(18)13-14-2-7-20-8-3-14/h2-3,7-8,11-12H,1,4-6,9-10,13H2. The highest BCUT2D eigenvalue weighted by Gasteiger charge is 2.46. The van der Waals surface area contributed by atoms with Gasteiger partial charge in [-0.25, -0.2) is 14.4 Å². The van der Waals surface area contributed by atoms with E-state index in [4.69, 9.17) is 0 Å². The van der Waals surface area contributed by atoms with Gasteiger partial charge in [-0.1, -0.05) is 0 Å². The van der Waals surface area contributed by atoms with Gasteiger partial charge in [0.05, 0.1) is 12.4 Å². The number of rotatable bonds is 3. The molecule has 2 aromatic rings. The van der Waals surface area contributed by atoms with Crippen LogP contribution in [0.2, 0.25) is 0 Å². The number of carbonyl (C=O) groups is 1. The fourth-order valence-electron chi connectivity index (χ4n) is 3.91. The third-order valence-corrected chi connectivity index (χ3v) is 5.35. The smallest absolute Gasteiger partial charge is 0.225 e. The van der Waals surface area contributed by atoms with Gasteiger partial charge in [-0.15, -0.1) is 0 Å². The predicted molar refractivity (Wildman–Crippen MR) is 90.2 cm³/mol. The molecule has 0 aliphatic carbocycles. The summed E-state index contributed by atoms with van der Waals surface area (Å²) in [7, 11) is 0. The Kier molecular flexibility index (Phi) is 4.07. The van der Waals surface area contributed by atoms with E-state index in [-0.39, 0.29) is 11.4 Å². The highest BCUT2D eigenvalue weighted by molar-refractivity contribution is 5.79. The van der Waals surface area contributed by atoms with Crippen molar-refractivity contribution in [3.05, 3.63) is 48.3 Å². The molecule has 25 heavy (non-hydrogen) atoms. The van der Waals surface area contributed by atoms with Gasteiger partial charge in [-0.2, -0.15) is 0 Å². The Bertz CT molecular complexity index is 744. The first-order chi connectivity index (χ1) is 12.2. The van der Waals surface area contributed by atoms with Crippen molar-refractivity contribution in [3.8, 4) is 0 Å². The summed E-state index contributed by atoms with van der Waals surface area (Å²) in [6, 6.07) is 3.92. The summed E-state index contributed by atoms with van der Waals surface area (Å²) in [5, 5.41) is 0. The predicted octanol–water partition coefficient (Wildman–Crippen LogP) is 2.17. The molecule has 4 rings (SSSR count). The van der Waals surface area contributed by atoms with E-state index in [1.54, 1.807) is 12.4 Å². The van der Waals surface area contributed by atoms with E-state index in [0.29, 0.717) is 18.9 Å². The van der Waals surface area contributed by atoms with Crippen molar-refractivity contribution in [1.82, 2.24) is 19.9 Å². The molecule has 0 N–H and O–H groups in total. The molecule has 2 saturated heterocycles. The zero-order valence-corrected chi connectivity index (χ0v) is 13.9. The summed E-state index contributed by atoms with van der Waals surface area (Å²) in [6.07, 6.45) is 9.18. The van der Waals surface area contributed by atoms with Crippen molar-refractivity contribution in [2.75, 3.05) is 18.0 Å². The molecule has 0 radical (unpaired) electrons. The molecule has 2 aliphatic heterocycles. The lowest BCUT2D eigenvalue weighted by atomic mass is 9.85. The van der Waals surface area contributed by atoms with Crippen LogP contribution in [0.25, 0.3) is 0 Å². The maximum atomic E-state index is 13.0. The summed E-state index contributed by atoms with van der Waals surface area (Å²) in [5.41, 5.74) is 1.02. The first kappa shape index (κ1) is 15.9. The molecular weight excluding hydrogens is 321 g/mol. The Labute approximate surface area is 145 Å². The SMILES string of the molecule is O=C1CCC2(CCN(c3ncc(F)cn3)CC2)N1Cc1ccncc1. The fraction of sp³-hybridized carbons (Fsp3) is 0.444. The quantitative estimate of drug-likeness (QED) is 0.856. The van der Waals surface area contributed by atoms with Gasteiger partial charge in [0, 0.05) is 44.0 Å². The van der Waals surface area contributed by atoms with Crippen LogP contribution in [-0.4, -0.2) is 44.4 Å². The van der Waals surface area contributed by atoms with Crippen molar-refractivity contribution in [1.29, 1.82) is 0 Å². The molecule has 1 amide bonds. The second-order valence-electron chi connectivity index (χ2n) is 6.75. The van der Waals surface area contributed by atoms with Crippen LogP contribution in [-0.2, 0) is 11.3 Å². The van der Waals surface area contributed by atoms with Crippen LogP contribution in [0.3, 0.4) is 0 Å². The average Bonchev–Trinajstić information content (AvgIpc) is 2.94. The van der Waals surface area contributed by atoms with E-state index in [9.17, 15) is 9.18 Å². The van der Waals surface area contributed by atoms with Crippen LogP contribution in [0.5, 0.6) is 0 Å². The van der Waals surface area contributed by atoms with Gasteiger partial charge in [0.2, 0.25) is 11.9 Å². The first-order valence-corrected chi connectivity index (χ1v) is 8.58. The number of likely N-dealkylation sites (tertiary alicyclic amines) is 1.